The molecule has 2 rings (SSSR count). The van der Waals surface area contributed by atoms with E-state index in [9.17, 15) is 0 Å². The number of hydrogen-bond acceptors (Lipinski definition) is 2. The van der Waals surface area contributed by atoms with Crippen LogP contribution in [0.3, 0.4) is 0 Å². The first-order valence-electron chi connectivity index (χ1n) is 10.8. The van der Waals surface area contributed by atoms with E-state index in [4.69, 9.17) is 4.74 Å². The smallest absolute Gasteiger partial charge is 0.119 e. The lowest BCUT2D eigenvalue weighted by Gasteiger charge is -2.08. The molecule has 0 fully saturated rings. The topological polar surface area (TPSA) is 9.23 Å². The van der Waals surface area contributed by atoms with Crippen LogP contribution in [0.5, 0.6) is 5.75 Å². The third-order valence-corrected chi connectivity index (χ3v) is 5.92. The molecule has 0 aliphatic carbocycles. The lowest BCUT2D eigenvalue weighted by Crippen LogP contribution is -1.97. The number of unbranched alkanes of at least 4 members (excludes halogenated alkanes) is 7. The minimum Gasteiger partial charge on any atom is -0.494 e. The number of ether oxygens (including phenoxy) is 1. The molecule has 0 spiro atoms. The Labute approximate surface area is 170 Å². The summed E-state index contributed by atoms with van der Waals surface area (Å²) in [6, 6.07) is 17.5. The van der Waals surface area contributed by atoms with Crippen LogP contribution in [0.25, 0.3) is 11.1 Å². The molecule has 1 nitrogen and oxygen atoms in total. The van der Waals surface area contributed by atoms with Gasteiger partial charge in [-0.2, -0.15) is 0 Å². The van der Waals surface area contributed by atoms with Crippen molar-refractivity contribution in [1.29, 1.82) is 0 Å². The molecule has 0 amide bonds. The maximum atomic E-state index is 5.88. The summed E-state index contributed by atoms with van der Waals surface area (Å²) in [5, 5.41) is 0. The van der Waals surface area contributed by atoms with E-state index in [0.29, 0.717) is 0 Å². The molecule has 0 aromatic heterocycles. The number of rotatable bonds is 14. The van der Waals surface area contributed by atoms with Crippen molar-refractivity contribution >= 4 is 11.8 Å². The third kappa shape index (κ3) is 8.88. The second-order valence-electron chi connectivity index (χ2n) is 7.22. The van der Waals surface area contributed by atoms with E-state index < -0.39 is 0 Å². The quantitative estimate of drug-likeness (QED) is 0.239. The number of hydrogen-bond donors (Lipinski definition) is 0. The predicted molar refractivity (Wildman–Crippen MR) is 121 cm³/mol. The predicted octanol–water partition coefficient (Wildman–Crippen LogP) is 8.38. The van der Waals surface area contributed by atoms with Crippen LogP contribution in [-0.2, 0) is 0 Å². The van der Waals surface area contributed by atoms with Crippen LogP contribution >= 0.6 is 11.8 Å². The summed E-state index contributed by atoms with van der Waals surface area (Å²) in [6.45, 7) is 5.34. The maximum Gasteiger partial charge on any atom is 0.119 e. The van der Waals surface area contributed by atoms with Crippen LogP contribution in [0.2, 0.25) is 0 Å². The molecule has 0 aliphatic heterocycles. The Morgan fingerprint density at radius 3 is 1.85 bits per heavy atom. The van der Waals surface area contributed by atoms with Gasteiger partial charge in [0.15, 0.2) is 0 Å². The highest BCUT2D eigenvalue weighted by molar-refractivity contribution is 7.99. The first-order chi connectivity index (χ1) is 13.3. The van der Waals surface area contributed by atoms with Crippen molar-refractivity contribution in [3.8, 4) is 16.9 Å². The van der Waals surface area contributed by atoms with Gasteiger partial charge in [-0.25, -0.2) is 0 Å². The van der Waals surface area contributed by atoms with Gasteiger partial charge in [-0.05, 0) is 54.0 Å². The zero-order valence-corrected chi connectivity index (χ0v) is 18.0. The number of thioether (sulfide) groups is 1. The minimum absolute atomic E-state index is 0.829. The molecule has 0 heterocycles. The van der Waals surface area contributed by atoms with Gasteiger partial charge >= 0.3 is 0 Å². The van der Waals surface area contributed by atoms with Crippen LogP contribution in [0.15, 0.2) is 53.4 Å². The molecule has 27 heavy (non-hydrogen) atoms. The summed E-state index contributed by atoms with van der Waals surface area (Å²) in [6.07, 6.45) is 11.7. The van der Waals surface area contributed by atoms with Gasteiger partial charge in [0.2, 0.25) is 0 Å². The zero-order chi connectivity index (χ0) is 19.2. The second kappa shape index (κ2) is 13.7. The fourth-order valence-corrected chi connectivity index (χ4v) is 4.01. The highest BCUT2D eigenvalue weighted by atomic mass is 32.2. The Kier molecular flexibility index (Phi) is 11.1. The molecule has 2 aromatic rings. The van der Waals surface area contributed by atoms with Crippen molar-refractivity contribution in [3.63, 3.8) is 0 Å². The van der Waals surface area contributed by atoms with Gasteiger partial charge in [-0.1, -0.05) is 83.1 Å². The van der Waals surface area contributed by atoms with Crippen LogP contribution in [-0.4, -0.2) is 12.4 Å². The van der Waals surface area contributed by atoms with Gasteiger partial charge < -0.3 is 4.74 Å². The Morgan fingerprint density at radius 1 is 0.630 bits per heavy atom. The van der Waals surface area contributed by atoms with Crippen LogP contribution < -0.4 is 4.74 Å². The summed E-state index contributed by atoms with van der Waals surface area (Å²) < 4.78 is 5.88. The fraction of sp³-hybridized carbons (Fsp3) is 0.520. The maximum absolute atomic E-state index is 5.88. The molecule has 148 valence electrons. The molecule has 0 saturated carbocycles. The SMILES string of the molecule is CCCCCCCCOc1ccc(-c2ccc(SCCCCC)cc2)cc1. The summed E-state index contributed by atoms with van der Waals surface area (Å²) in [5.41, 5.74) is 2.53. The van der Waals surface area contributed by atoms with Crippen molar-refractivity contribution in [1.82, 2.24) is 0 Å². The Balaban J connectivity index is 1.72. The van der Waals surface area contributed by atoms with E-state index >= 15 is 0 Å². The molecule has 0 atom stereocenters. The highest BCUT2D eigenvalue weighted by Gasteiger charge is 2.01. The van der Waals surface area contributed by atoms with E-state index in [1.807, 2.05) is 11.8 Å². The monoisotopic (exact) mass is 384 g/mol. The molecule has 0 bridgehead atoms. The average Bonchev–Trinajstić information content (AvgIpc) is 2.71. The van der Waals surface area contributed by atoms with Gasteiger partial charge in [0.05, 0.1) is 6.61 Å². The van der Waals surface area contributed by atoms with E-state index in [-0.39, 0.29) is 0 Å². The van der Waals surface area contributed by atoms with Gasteiger partial charge in [0, 0.05) is 4.90 Å². The van der Waals surface area contributed by atoms with Gasteiger partial charge in [-0.3, -0.25) is 0 Å². The molecule has 0 saturated heterocycles. The second-order valence-corrected chi connectivity index (χ2v) is 8.39. The van der Waals surface area contributed by atoms with Gasteiger partial charge in [0.1, 0.15) is 5.75 Å². The van der Waals surface area contributed by atoms with Crippen molar-refractivity contribution in [3.05, 3.63) is 48.5 Å². The summed E-state index contributed by atoms with van der Waals surface area (Å²) in [5.74, 6) is 2.20. The van der Waals surface area contributed by atoms with Gasteiger partial charge in [-0.15, -0.1) is 11.8 Å². The summed E-state index contributed by atoms with van der Waals surface area (Å²) in [4.78, 5) is 1.37. The molecule has 0 aliphatic rings. The molecular weight excluding hydrogens is 348 g/mol. The lowest BCUT2D eigenvalue weighted by molar-refractivity contribution is 0.304. The third-order valence-electron chi connectivity index (χ3n) is 4.83. The summed E-state index contributed by atoms with van der Waals surface area (Å²) in [7, 11) is 0. The molecule has 0 unspecified atom stereocenters. The fourth-order valence-electron chi connectivity index (χ4n) is 3.10. The molecule has 0 radical (unpaired) electrons. The lowest BCUT2D eigenvalue weighted by atomic mass is 10.1. The van der Waals surface area contributed by atoms with Crippen molar-refractivity contribution in [2.75, 3.05) is 12.4 Å². The first-order valence-corrected chi connectivity index (χ1v) is 11.8. The standard InChI is InChI=1S/C25H36OS/c1-3-5-7-8-9-10-20-26-24-16-12-22(13-17-24)23-14-18-25(19-15-23)27-21-11-6-4-2/h12-19H,3-11,20-21H2,1-2H3. The van der Waals surface area contributed by atoms with Crippen LogP contribution in [0, 0.1) is 0 Å². The van der Waals surface area contributed by atoms with Crippen molar-refractivity contribution in [2.45, 2.75) is 76.5 Å². The zero-order valence-electron chi connectivity index (χ0n) is 17.2. The first kappa shape index (κ1) is 21.9. The molecule has 2 aromatic carbocycles. The minimum atomic E-state index is 0.829. The van der Waals surface area contributed by atoms with Crippen molar-refractivity contribution in [2.24, 2.45) is 0 Å². The molecule has 2 heteroatoms. The van der Waals surface area contributed by atoms with E-state index in [0.717, 1.165) is 18.8 Å². The van der Waals surface area contributed by atoms with Crippen LogP contribution in [0.1, 0.15) is 71.6 Å². The van der Waals surface area contributed by atoms with E-state index in [1.54, 1.807) is 0 Å². The Bertz CT molecular complexity index is 603. The summed E-state index contributed by atoms with van der Waals surface area (Å²) >= 11 is 1.96. The number of benzene rings is 2. The van der Waals surface area contributed by atoms with Crippen molar-refractivity contribution < 1.29 is 4.74 Å². The Morgan fingerprint density at radius 2 is 1.19 bits per heavy atom. The van der Waals surface area contributed by atoms with E-state index in [1.165, 1.54) is 73.1 Å². The van der Waals surface area contributed by atoms with E-state index in [2.05, 4.69) is 62.4 Å². The highest BCUT2D eigenvalue weighted by Crippen LogP contribution is 2.26. The molecular formula is C25H36OS. The largest absolute Gasteiger partial charge is 0.494 e. The average molecular weight is 385 g/mol. The van der Waals surface area contributed by atoms with Gasteiger partial charge in [0.25, 0.3) is 0 Å². The Hall–Kier alpha value is -1.41. The van der Waals surface area contributed by atoms with Crippen LogP contribution in [0.4, 0.5) is 0 Å². The molecule has 0 N–H and O–H groups in total. The normalized spacial score (nSPS) is 10.9.